The molecule has 4 aromatic rings. The Hall–Kier alpha value is -3.23. The molecule has 1 amide bonds. The number of anilines is 1. The summed E-state index contributed by atoms with van der Waals surface area (Å²) in [5.74, 6) is 0.916. The van der Waals surface area contributed by atoms with E-state index >= 15 is 0 Å². The maximum atomic E-state index is 13.2. The molecular formula is C22H19ClN4O3S. The van der Waals surface area contributed by atoms with E-state index in [1.54, 1.807) is 13.2 Å². The summed E-state index contributed by atoms with van der Waals surface area (Å²) in [5.41, 5.74) is 3.19. The van der Waals surface area contributed by atoms with E-state index in [-0.39, 0.29) is 5.91 Å². The van der Waals surface area contributed by atoms with Crippen LogP contribution in [0.3, 0.4) is 0 Å². The highest BCUT2D eigenvalue weighted by Crippen LogP contribution is 2.35. The maximum absolute atomic E-state index is 13.2. The van der Waals surface area contributed by atoms with Crippen molar-refractivity contribution in [3.8, 4) is 22.6 Å². The summed E-state index contributed by atoms with van der Waals surface area (Å²) in [6, 6.07) is 9.15. The summed E-state index contributed by atoms with van der Waals surface area (Å²) >= 11 is 7.49. The number of nitrogens with one attached hydrogen (secondary N) is 1. The molecule has 0 bridgehead atoms. The Bertz CT molecular complexity index is 1280. The Morgan fingerprint density at radius 3 is 2.77 bits per heavy atom. The molecule has 0 aliphatic heterocycles. The van der Waals surface area contributed by atoms with Gasteiger partial charge in [0.15, 0.2) is 5.13 Å². The molecule has 0 unspecified atom stereocenters. The largest absolute Gasteiger partial charge is 0.494 e. The third-order valence-electron chi connectivity index (χ3n) is 4.52. The van der Waals surface area contributed by atoms with E-state index in [1.165, 1.54) is 23.7 Å². The van der Waals surface area contributed by atoms with Crippen molar-refractivity contribution < 1.29 is 14.3 Å². The quantitative estimate of drug-likeness (QED) is 0.394. The number of aryl methyl sites for hydroxylation is 1. The molecule has 0 fully saturated rings. The summed E-state index contributed by atoms with van der Waals surface area (Å²) in [5, 5.41) is 3.66. The van der Waals surface area contributed by atoms with Crippen molar-refractivity contribution in [3.05, 3.63) is 59.1 Å². The van der Waals surface area contributed by atoms with E-state index in [2.05, 4.69) is 20.3 Å². The van der Waals surface area contributed by atoms with Crippen molar-refractivity contribution in [2.45, 2.75) is 13.8 Å². The monoisotopic (exact) mass is 454 g/mol. The van der Waals surface area contributed by atoms with Crippen molar-refractivity contribution >= 4 is 44.2 Å². The van der Waals surface area contributed by atoms with Gasteiger partial charge in [-0.2, -0.15) is 0 Å². The van der Waals surface area contributed by atoms with Crippen LogP contribution in [-0.2, 0) is 0 Å². The highest BCUT2D eigenvalue weighted by atomic mass is 35.5. The van der Waals surface area contributed by atoms with Crippen molar-refractivity contribution in [1.29, 1.82) is 0 Å². The van der Waals surface area contributed by atoms with Crippen LogP contribution in [0.2, 0.25) is 5.15 Å². The Labute approximate surface area is 188 Å². The summed E-state index contributed by atoms with van der Waals surface area (Å²) in [6.45, 7) is 4.35. The third-order valence-corrected chi connectivity index (χ3v) is 5.68. The Morgan fingerprint density at radius 1 is 1.16 bits per heavy atom. The van der Waals surface area contributed by atoms with E-state index in [0.29, 0.717) is 39.3 Å². The summed E-state index contributed by atoms with van der Waals surface area (Å²) < 4.78 is 11.9. The fourth-order valence-corrected chi connectivity index (χ4v) is 4.13. The second-order valence-electron chi connectivity index (χ2n) is 6.61. The first kappa shape index (κ1) is 21.0. The number of thiazole rings is 1. The lowest BCUT2D eigenvalue weighted by atomic mass is 10.0. The van der Waals surface area contributed by atoms with Gasteiger partial charge in [-0.15, -0.1) is 0 Å². The molecule has 0 spiro atoms. The zero-order valence-electron chi connectivity index (χ0n) is 17.1. The molecule has 4 rings (SSSR count). The molecule has 1 N–H and O–H groups in total. The summed E-state index contributed by atoms with van der Waals surface area (Å²) in [7, 11) is 1.54. The summed E-state index contributed by atoms with van der Waals surface area (Å²) in [6.07, 6.45) is 3.06. The molecule has 0 aliphatic carbocycles. The molecule has 9 heteroatoms. The second kappa shape index (κ2) is 8.87. The lowest BCUT2D eigenvalue weighted by Crippen LogP contribution is -2.14. The zero-order valence-corrected chi connectivity index (χ0v) is 18.7. The van der Waals surface area contributed by atoms with Crippen LogP contribution in [0.15, 0.2) is 42.7 Å². The number of aromatic nitrogens is 3. The first-order valence-electron chi connectivity index (χ1n) is 9.49. The molecule has 0 aliphatic rings. The highest BCUT2D eigenvalue weighted by Gasteiger charge is 2.19. The number of carbonyl (C=O) groups excluding carboxylic acids is 1. The molecule has 31 heavy (non-hydrogen) atoms. The number of amides is 1. The van der Waals surface area contributed by atoms with Gasteiger partial charge in [-0.1, -0.05) is 22.9 Å². The van der Waals surface area contributed by atoms with Crippen LogP contribution in [-0.4, -0.2) is 34.6 Å². The van der Waals surface area contributed by atoms with Gasteiger partial charge >= 0.3 is 0 Å². The van der Waals surface area contributed by atoms with Crippen LogP contribution in [0, 0.1) is 6.92 Å². The average Bonchev–Trinajstić information content (AvgIpc) is 3.15. The van der Waals surface area contributed by atoms with Crippen LogP contribution in [0.1, 0.15) is 23.0 Å². The maximum Gasteiger partial charge on any atom is 0.259 e. The van der Waals surface area contributed by atoms with Crippen molar-refractivity contribution in [1.82, 2.24) is 15.0 Å². The SMILES string of the molecule is CCOc1ccc2sc(NC(=O)c3cnc(C)cc3-c3cc(Cl)ncc3OC)nc2c1. The number of benzene rings is 1. The normalized spacial score (nSPS) is 10.8. The average molecular weight is 455 g/mol. The van der Waals surface area contributed by atoms with Crippen molar-refractivity contribution in [2.75, 3.05) is 19.0 Å². The Kier molecular flexibility index (Phi) is 6.01. The molecule has 158 valence electrons. The number of nitrogens with zero attached hydrogens (tertiary/aromatic N) is 3. The fourth-order valence-electron chi connectivity index (χ4n) is 3.14. The van der Waals surface area contributed by atoms with Gasteiger partial charge in [0.1, 0.15) is 16.7 Å². The smallest absolute Gasteiger partial charge is 0.259 e. The van der Waals surface area contributed by atoms with Crippen LogP contribution in [0.25, 0.3) is 21.3 Å². The van der Waals surface area contributed by atoms with Crippen molar-refractivity contribution in [2.24, 2.45) is 0 Å². The molecule has 1 aromatic carbocycles. The minimum atomic E-state index is -0.332. The van der Waals surface area contributed by atoms with Gasteiger partial charge in [0.25, 0.3) is 5.91 Å². The van der Waals surface area contributed by atoms with Gasteiger partial charge in [0.05, 0.1) is 35.7 Å². The number of carbonyl (C=O) groups is 1. The molecule has 3 heterocycles. The van der Waals surface area contributed by atoms with Gasteiger partial charge in [-0.05, 0) is 38.1 Å². The number of hydrogen-bond acceptors (Lipinski definition) is 7. The first-order valence-corrected chi connectivity index (χ1v) is 10.7. The topological polar surface area (TPSA) is 86.2 Å². The molecular weight excluding hydrogens is 436 g/mol. The third kappa shape index (κ3) is 4.45. The van der Waals surface area contributed by atoms with E-state index in [1.807, 2.05) is 38.1 Å². The van der Waals surface area contributed by atoms with E-state index in [0.717, 1.165) is 21.7 Å². The van der Waals surface area contributed by atoms with E-state index in [9.17, 15) is 4.79 Å². The zero-order chi connectivity index (χ0) is 22.0. The minimum absolute atomic E-state index is 0.299. The number of ether oxygens (including phenoxy) is 2. The lowest BCUT2D eigenvalue weighted by Gasteiger charge is -2.13. The summed E-state index contributed by atoms with van der Waals surface area (Å²) in [4.78, 5) is 26.0. The Morgan fingerprint density at radius 2 is 2.00 bits per heavy atom. The molecule has 0 saturated carbocycles. The molecule has 3 aromatic heterocycles. The van der Waals surface area contributed by atoms with Crippen LogP contribution < -0.4 is 14.8 Å². The number of rotatable bonds is 6. The van der Waals surface area contributed by atoms with Gasteiger partial charge in [0, 0.05) is 29.1 Å². The van der Waals surface area contributed by atoms with Crippen molar-refractivity contribution in [3.63, 3.8) is 0 Å². The molecule has 0 radical (unpaired) electrons. The lowest BCUT2D eigenvalue weighted by molar-refractivity contribution is 0.102. The predicted octanol–water partition coefficient (Wildman–Crippen LogP) is 5.37. The number of hydrogen-bond donors (Lipinski definition) is 1. The van der Waals surface area contributed by atoms with Gasteiger partial charge in [-0.25, -0.2) is 9.97 Å². The molecule has 7 nitrogen and oxygen atoms in total. The minimum Gasteiger partial charge on any atom is -0.494 e. The number of fused-ring (bicyclic) bond motifs is 1. The first-order chi connectivity index (χ1) is 15.0. The van der Waals surface area contributed by atoms with Gasteiger partial charge in [0.2, 0.25) is 0 Å². The number of halogens is 1. The van der Waals surface area contributed by atoms with E-state index < -0.39 is 0 Å². The molecule has 0 atom stereocenters. The number of pyridine rings is 2. The molecule has 0 saturated heterocycles. The predicted molar refractivity (Wildman–Crippen MR) is 123 cm³/mol. The second-order valence-corrected chi connectivity index (χ2v) is 8.03. The van der Waals surface area contributed by atoms with Crippen LogP contribution >= 0.6 is 22.9 Å². The fraction of sp³-hybridized carbons (Fsp3) is 0.182. The van der Waals surface area contributed by atoms with Gasteiger partial charge < -0.3 is 9.47 Å². The van der Waals surface area contributed by atoms with Crippen LogP contribution in [0.5, 0.6) is 11.5 Å². The van der Waals surface area contributed by atoms with Crippen LogP contribution in [0.4, 0.5) is 5.13 Å². The van der Waals surface area contributed by atoms with Gasteiger partial charge in [-0.3, -0.25) is 15.1 Å². The standard InChI is InChI=1S/C22H19ClN4O3S/c1-4-30-13-5-6-19-17(8-13)26-22(31-19)27-21(28)16-10-24-12(2)7-14(16)15-9-20(23)25-11-18(15)29-3/h5-11H,4H2,1-3H3,(H,26,27,28). The Balaban J connectivity index is 1.70. The highest BCUT2D eigenvalue weighted by molar-refractivity contribution is 7.22. The van der Waals surface area contributed by atoms with E-state index in [4.69, 9.17) is 21.1 Å². The number of methoxy groups -OCH3 is 1.